The first kappa shape index (κ1) is 16.5. The third-order valence-electron chi connectivity index (χ3n) is 3.84. The second-order valence-corrected chi connectivity index (χ2v) is 6.02. The Labute approximate surface area is 150 Å². The maximum Gasteiger partial charge on any atom is 0.433 e. The van der Waals surface area contributed by atoms with Gasteiger partial charge in [-0.2, -0.15) is 18.3 Å². The molecule has 1 aromatic carbocycles. The predicted octanol–water partition coefficient (Wildman–Crippen LogP) is 5.15. The Kier molecular flexibility index (Phi) is 3.88. The second-order valence-electron chi connectivity index (χ2n) is 5.58. The molecule has 26 heavy (non-hydrogen) atoms. The molecule has 0 atom stereocenters. The Morgan fingerprint density at radius 2 is 1.85 bits per heavy atom. The van der Waals surface area contributed by atoms with Gasteiger partial charge in [-0.3, -0.25) is 0 Å². The lowest BCUT2D eigenvalue weighted by atomic mass is 10.1. The Bertz CT molecular complexity index is 1100. The number of alkyl halides is 3. The summed E-state index contributed by atoms with van der Waals surface area (Å²) in [5, 5.41) is 5.35. The Balaban J connectivity index is 1.80. The van der Waals surface area contributed by atoms with E-state index < -0.39 is 11.9 Å². The smallest absolute Gasteiger partial charge is 0.243 e. The quantitative estimate of drug-likeness (QED) is 0.487. The predicted molar refractivity (Wildman–Crippen MR) is 92.1 cm³/mol. The fourth-order valence-corrected chi connectivity index (χ4v) is 2.83. The van der Waals surface area contributed by atoms with Crippen LogP contribution in [-0.4, -0.2) is 19.7 Å². The first-order valence-electron chi connectivity index (χ1n) is 7.56. The van der Waals surface area contributed by atoms with Gasteiger partial charge >= 0.3 is 6.18 Å². The molecule has 0 bridgehead atoms. The van der Waals surface area contributed by atoms with Crippen LogP contribution in [0.25, 0.3) is 27.8 Å². The topological polar surface area (TPSA) is 43.6 Å². The fraction of sp³-hybridized carbons (Fsp3) is 0.0556. The van der Waals surface area contributed by atoms with Crippen LogP contribution < -0.4 is 0 Å². The van der Waals surface area contributed by atoms with Gasteiger partial charge in [0.05, 0.1) is 11.7 Å². The molecule has 4 nitrogen and oxygen atoms in total. The molecule has 0 aliphatic carbocycles. The number of nitrogens with zero attached hydrogens (tertiary/aromatic N) is 4. The molecular formula is C18H10ClF3N4. The van der Waals surface area contributed by atoms with Gasteiger partial charge in [-0.05, 0) is 35.9 Å². The van der Waals surface area contributed by atoms with Gasteiger partial charge in [-0.1, -0.05) is 23.7 Å². The molecule has 130 valence electrons. The van der Waals surface area contributed by atoms with Crippen LogP contribution in [0.3, 0.4) is 0 Å². The van der Waals surface area contributed by atoms with Crippen molar-refractivity contribution < 1.29 is 13.2 Å². The summed E-state index contributed by atoms with van der Waals surface area (Å²) in [7, 11) is 0. The van der Waals surface area contributed by atoms with Crippen LogP contribution in [0.5, 0.6) is 0 Å². The molecule has 0 spiro atoms. The van der Waals surface area contributed by atoms with Gasteiger partial charge in [0.2, 0.25) is 0 Å². The van der Waals surface area contributed by atoms with Crippen molar-refractivity contribution in [2.75, 3.05) is 0 Å². The van der Waals surface area contributed by atoms with Crippen LogP contribution >= 0.6 is 11.6 Å². The van der Waals surface area contributed by atoms with Crippen LogP contribution in [0, 0.1) is 0 Å². The molecule has 8 heteroatoms. The van der Waals surface area contributed by atoms with Gasteiger partial charge in [0.1, 0.15) is 5.69 Å². The summed E-state index contributed by atoms with van der Waals surface area (Å²) < 4.78 is 40.1. The van der Waals surface area contributed by atoms with E-state index in [0.29, 0.717) is 16.2 Å². The molecule has 0 N–H and O–H groups in total. The van der Waals surface area contributed by atoms with E-state index in [1.165, 1.54) is 23.0 Å². The summed E-state index contributed by atoms with van der Waals surface area (Å²) in [4.78, 5) is 7.93. The van der Waals surface area contributed by atoms with Crippen LogP contribution in [-0.2, 0) is 6.18 Å². The minimum absolute atomic E-state index is 0.199. The average Bonchev–Trinajstić information content (AvgIpc) is 3.10. The van der Waals surface area contributed by atoms with Crippen molar-refractivity contribution in [3.8, 4) is 16.9 Å². The van der Waals surface area contributed by atoms with Crippen molar-refractivity contribution in [2.24, 2.45) is 0 Å². The highest BCUT2D eigenvalue weighted by atomic mass is 35.5. The number of rotatable bonds is 2. The van der Waals surface area contributed by atoms with Crippen LogP contribution in [0.4, 0.5) is 13.2 Å². The molecular weight excluding hydrogens is 365 g/mol. The summed E-state index contributed by atoms with van der Waals surface area (Å²) in [6.07, 6.45) is 0.295. The zero-order valence-corrected chi connectivity index (χ0v) is 13.8. The highest BCUT2D eigenvalue weighted by Gasteiger charge is 2.32. The molecule has 0 aliphatic heterocycles. The van der Waals surface area contributed by atoms with Crippen molar-refractivity contribution in [3.05, 3.63) is 71.8 Å². The number of fused-ring (bicyclic) bond motifs is 1. The molecule has 0 amide bonds. The first-order valence-corrected chi connectivity index (χ1v) is 7.93. The number of aromatic nitrogens is 4. The van der Waals surface area contributed by atoms with Crippen molar-refractivity contribution in [1.29, 1.82) is 0 Å². The molecule has 0 unspecified atom stereocenters. The van der Waals surface area contributed by atoms with E-state index in [1.807, 2.05) is 12.1 Å². The van der Waals surface area contributed by atoms with E-state index in [-0.39, 0.29) is 5.52 Å². The Hall–Kier alpha value is -2.93. The van der Waals surface area contributed by atoms with E-state index in [2.05, 4.69) is 15.1 Å². The third kappa shape index (κ3) is 3.01. The number of halogens is 4. The summed E-state index contributed by atoms with van der Waals surface area (Å²) in [5.41, 5.74) is 0.944. The molecule has 0 fully saturated rings. The van der Waals surface area contributed by atoms with Gasteiger partial charge < -0.3 is 0 Å². The van der Waals surface area contributed by atoms with E-state index in [4.69, 9.17) is 11.6 Å². The molecule has 3 aromatic heterocycles. The first-order chi connectivity index (χ1) is 12.4. The van der Waals surface area contributed by atoms with Crippen LogP contribution in [0.1, 0.15) is 5.69 Å². The zero-order chi connectivity index (χ0) is 18.3. The van der Waals surface area contributed by atoms with Crippen molar-refractivity contribution >= 4 is 22.5 Å². The summed E-state index contributed by atoms with van der Waals surface area (Å²) in [6, 6.07) is 11.0. The van der Waals surface area contributed by atoms with Gasteiger partial charge in [0.25, 0.3) is 0 Å². The molecule has 0 aliphatic rings. The molecule has 0 radical (unpaired) electrons. The minimum Gasteiger partial charge on any atom is -0.243 e. The summed E-state index contributed by atoms with van der Waals surface area (Å²) in [5.74, 6) is 0.400. The van der Waals surface area contributed by atoms with E-state index in [0.717, 1.165) is 17.2 Å². The monoisotopic (exact) mass is 374 g/mol. The maximum atomic E-state index is 12.9. The van der Waals surface area contributed by atoms with Gasteiger partial charge in [-0.25, -0.2) is 14.6 Å². The number of pyridine rings is 2. The lowest BCUT2D eigenvalue weighted by molar-refractivity contribution is -0.140. The lowest BCUT2D eigenvalue weighted by Gasteiger charge is -2.09. The standard InChI is InChI=1S/C18H10ClF3N4/c19-13-3-1-2-11(8-13)12-9-24-26(10-12)17-14-4-5-16(18(20,21)22)25-15(14)6-7-23-17/h1-10H. The van der Waals surface area contributed by atoms with Crippen LogP contribution in [0.15, 0.2) is 61.1 Å². The number of benzene rings is 1. The van der Waals surface area contributed by atoms with Crippen LogP contribution in [0.2, 0.25) is 5.02 Å². The SMILES string of the molecule is FC(F)(F)c1ccc2c(-n3cc(-c4cccc(Cl)c4)cn3)nccc2n1. The zero-order valence-electron chi connectivity index (χ0n) is 13.1. The molecule has 4 rings (SSSR count). The minimum atomic E-state index is -4.50. The van der Waals surface area contributed by atoms with E-state index >= 15 is 0 Å². The summed E-state index contributed by atoms with van der Waals surface area (Å²) >= 11 is 6.01. The second kappa shape index (κ2) is 6.10. The molecule has 0 saturated carbocycles. The Morgan fingerprint density at radius 3 is 2.62 bits per heavy atom. The van der Waals surface area contributed by atoms with Gasteiger partial charge in [0, 0.05) is 28.4 Å². The lowest BCUT2D eigenvalue weighted by Crippen LogP contribution is -2.08. The van der Waals surface area contributed by atoms with Crippen molar-refractivity contribution in [3.63, 3.8) is 0 Å². The number of hydrogen-bond acceptors (Lipinski definition) is 3. The summed E-state index contributed by atoms with van der Waals surface area (Å²) in [6.45, 7) is 0. The van der Waals surface area contributed by atoms with Gasteiger partial charge in [-0.15, -0.1) is 0 Å². The Morgan fingerprint density at radius 1 is 1.00 bits per heavy atom. The van der Waals surface area contributed by atoms with Gasteiger partial charge in [0.15, 0.2) is 5.82 Å². The normalized spacial score (nSPS) is 11.8. The van der Waals surface area contributed by atoms with Crippen molar-refractivity contribution in [2.45, 2.75) is 6.18 Å². The third-order valence-corrected chi connectivity index (χ3v) is 4.08. The maximum absolute atomic E-state index is 12.9. The molecule has 0 saturated heterocycles. The fourth-order valence-electron chi connectivity index (χ4n) is 2.64. The highest BCUT2D eigenvalue weighted by molar-refractivity contribution is 6.30. The number of hydrogen-bond donors (Lipinski definition) is 0. The largest absolute Gasteiger partial charge is 0.433 e. The average molecular weight is 375 g/mol. The molecule has 3 heterocycles. The van der Waals surface area contributed by atoms with E-state index in [1.54, 1.807) is 24.5 Å². The van der Waals surface area contributed by atoms with Crippen molar-refractivity contribution in [1.82, 2.24) is 19.7 Å². The highest BCUT2D eigenvalue weighted by Crippen LogP contribution is 2.30. The molecule has 4 aromatic rings. The van der Waals surface area contributed by atoms with E-state index in [9.17, 15) is 13.2 Å².